The number of carbonyl (C=O) groups excluding carboxylic acids is 1. The maximum absolute atomic E-state index is 13.1. The molecule has 1 amide bonds. The van der Waals surface area contributed by atoms with Crippen LogP contribution in [0, 0.1) is 10.1 Å². The van der Waals surface area contributed by atoms with E-state index >= 15 is 0 Å². The van der Waals surface area contributed by atoms with Gasteiger partial charge in [0.15, 0.2) is 0 Å². The summed E-state index contributed by atoms with van der Waals surface area (Å²) in [4.78, 5) is 32.1. The van der Waals surface area contributed by atoms with Gasteiger partial charge in [0.2, 0.25) is 17.5 Å². The zero-order valence-corrected chi connectivity index (χ0v) is 17.7. The van der Waals surface area contributed by atoms with Gasteiger partial charge in [-0.25, -0.2) is 9.97 Å². The third kappa shape index (κ3) is 5.55. The van der Waals surface area contributed by atoms with E-state index in [1.54, 1.807) is 6.92 Å². The first-order chi connectivity index (χ1) is 15.5. The fourth-order valence-electron chi connectivity index (χ4n) is 3.25. The van der Waals surface area contributed by atoms with Crippen LogP contribution in [0.5, 0.6) is 0 Å². The molecule has 1 unspecified atom stereocenters. The number of hydrazine groups is 1. The van der Waals surface area contributed by atoms with Crippen molar-refractivity contribution >= 4 is 23.2 Å². The largest absolute Gasteiger partial charge is 0.383 e. The molecule has 0 bridgehead atoms. The summed E-state index contributed by atoms with van der Waals surface area (Å²) in [6.45, 7) is 2.13. The Morgan fingerprint density at radius 1 is 1.03 bits per heavy atom. The summed E-state index contributed by atoms with van der Waals surface area (Å²) in [6.07, 6.45) is 1.18. The molecule has 0 aliphatic rings. The smallest absolute Gasteiger partial charge is 0.354 e. The zero-order chi connectivity index (χ0) is 22.9. The van der Waals surface area contributed by atoms with Crippen LogP contribution in [0.3, 0.4) is 0 Å². The predicted octanol–water partition coefficient (Wildman–Crippen LogP) is 3.11. The van der Waals surface area contributed by atoms with Crippen LogP contribution in [0.2, 0.25) is 0 Å². The van der Waals surface area contributed by atoms with Crippen LogP contribution in [0.1, 0.15) is 24.0 Å². The molecule has 0 saturated heterocycles. The first-order valence-electron chi connectivity index (χ1n) is 9.92. The number of nitrogens with one attached hydrogen (secondary N) is 3. The lowest BCUT2D eigenvalue weighted by Crippen LogP contribution is -2.35. The van der Waals surface area contributed by atoms with E-state index in [2.05, 4.69) is 26.1 Å². The van der Waals surface area contributed by atoms with E-state index in [0.717, 1.165) is 11.1 Å². The Kier molecular flexibility index (Phi) is 7.65. The second-order valence-corrected chi connectivity index (χ2v) is 7.05. The van der Waals surface area contributed by atoms with E-state index in [1.807, 2.05) is 60.7 Å². The molecule has 166 valence electrons. The van der Waals surface area contributed by atoms with Gasteiger partial charge in [0.05, 0.1) is 17.4 Å². The number of carbonyl (C=O) groups is 1. The van der Waals surface area contributed by atoms with Crippen LogP contribution in [0.15, 0.2) is 67.0 Å². The van der Waals surface area contributed by atoms with Crippen LogP contribution < -0.4 is 16.2 Å². The van der Waals surface area contributed by atoms with E-state index in [9.17, 15) is 14.9 Å². The van der Waals surface area contributed by atoms with Crippen molar-refractivity contribution in [2.45, 2.75) is 18.9 Å². The van der Waals surface area contributed by atoms with Crippen molar-refractivity contribution in [3.8, 4) is 0 Å². The van der Waals surface area contributed by atoms with Crippen molar-refractivity contribution in [1.82, 2.24) is 15.4 Å². The molecule has 3 N–H and O–H groups in total. The molecule has 32 heavy (non-hydrogen) atoms. The molecular weight excluding hydrogens is 412 g/mol. The summed E-state index contributed by atoms with van der Waals surface area (Å²) in [7, 11) is 1.53. The molecule has 2 aromatic carbocycles. The number of benzene rings is 2. The zero-order valence-electron chi connectivity index (χ0n) is 17.7. The molecule has 1 heterocycles. The number of rotatable bonds is 10. The first kappa shape index (κ1) is 22.6. The standard InChI is InChI=1S/C22H24N6O4/c1-15(13-32-2)25-20-19(28(30)31)21(24-14-23-20)26-27-22(29)18(16-9-5-3-6-10-16)17-11-7-4-8-12-17/h3-12,14-15,18H,13H2,1-2H3,(H,27,29)(H2,23,24,25,26). The quantitative estimate of drug-likeness (QED) is 0.326. The number of anilines is 2. The normalized spacial score (nSPS) is 11.6. The van der Waals surface area contributed by atoms with Crippen molar-refractivity contribution < 1.29 is 14.5 Å². The maximum atomic E-state index is 13.1. The minimum absolute atomic E-state index is 0.0222. The van der Waals surface area contributed by atoms with Gasteiger partial charge in [-0.15, -0.1) is 0 Å². The van der Waals surface area contributed by atoms with Gasteiger partial charge in [0.1, 0.15) is 6.33 Å². The van der Waals surface area contributed by atoms with Gasteiger partial charge in [-0.05, 0) is 18.1 Å². The molecule has 0 spiro atoms. The number of amides is 1. The lowest BCUT2D eigenvalue weighted by Gasteiger charge is -2.19. The second-order valence-electron chi connectivity index (χ2n) is 7.05. The van der Waals surface area contributed by atoms with Gasteiger partial charge in [0.25, 0.3) is 0 Å². The third-order valence-corrected chi connectivity index (χ3v) is 4.64. The van der Waals surface area contributed by atoms with Gasteiger partial charge in [-0.3, -0.25) is 25.8 Å². The van der Waals surface area contributed by atoms with Crippen LogP contribution >= 0.6 is 0 Å². The average molecular weight is 436 g/mol. The molecule has 3 aromatic rings. The third-order valence-electron chi connectivity index (χ3n) is 4.64. The van der Waals surface area contributed by atoms with E-state index in [-0.39, 0.29) is 23.4 Å². The Morgan fingerprint density at radius 2 is 1.59 bits per heavy atom. The molecule has 0 saturated carbocycles. The predicted molar refractivity (Wildman–Crippen MR) is 120 cm³/mol. The van der Waals surface area contributed by atoms with Crippen LogP contribution in [0.4, 0.5) is 17.3 Å². The molecule has 10 heteroatoms. The van der Waals surface area contributed by atoms with Crippen molar-refractivity contribution in [2.24, 2.45) is 0 Å². The van der Waals surface area contributed by atoms with Crippen molar-refractivity contribution in [1.29, 1.82) is 0 Å². The number of hydrogen-bond donors (Lipinski definition) is 3. The van der Waals surface area contributed by atoms with E-state index in [1.165, 1.54) is 13.4 Å². The Morgan fingerprint density at radius 3 is 2.12 bits per heavy atom. The van der Waals surface area contributed by atoms with Gasteiger partial charge in [-0.2, -0.15) is 0 Å². The van der Waals surface area contributed by atoms with Crippen LogP contribution in [-0.2, 0) is 9.53 Å². The topological polar surface area (TPSA) is 131 Å². The molecule has 3 rings (SSSR count). The minimum atomic E-state index is -0.620. The maximum Gasteiger partial charge on any atom is 0.354 e. The lowest BCUT2D eigenvalue weighted by atomic mass is 9.91. The molecule has 0 fully saturated rings. The Bertz CT molecular complexity index is 1010. The minimum Gasteiger partial charge on any atom is -0.383 e. The molecule has 1 aromatic heterocycles. The molecular formula is C22H24N6O4. The molecule has 0 aliphatic carbocycles. The van der Waals surface area contributed by atoms with Gasteiger partial charge >= 0.3 is 5.69 Å². The van der Waals surface area contributed by atoms with Crippen molar-refractivity contribution in [3.05, 3.63) is 88.2 Å². The molecule has 1 atom stereocenters. The molecule has 10 nitrogen and oxygen atoms in total. The van der Waals surface area contributed by atoms with E-state index in [0.29, 0.717) is 6.61 Å². The number of aromatic nitrogens is 2. The SMILES string of the molecule is COCC(C)Nc1ncnc(NNC(=O)C(c2ccccc2)c2ccccc2)c1[N+](=O)[O-]. The summed E-state index contributed by atoms with van der Waals surface area (Å²) < 4.78 is 5.05. The number of nitrogens with zero attached hydrogens (tertiary/aromatic N) is 3. The fraction of sp³-hybridized carbons (Fsp3) is 0.227. The highest BCUT2D eigenvalue weighted by Gasteiger charge is 2.26. The summed E-state index contributed by atoms with van der Waals surface area (Å²) >= 11 is 0. The lowest BCUT2D eigenvalue weighted by molar-refractivity contribution is -0.383. The van der Waals surface area contributed by atoms with E-state index in [4.69, 9.17) is 4.74 Å². The van der Waals surface area contributed by atoms with Gasteiger partial charge in [-0.1, -0.05) is 60.7 Å². The number of ether oxygens (including phenoxy) is 1. The van der Waals surface area contributed by atoms with Crippen LogP contribution in [-0.4, -0.2) is 40.6 Å². The highest BCUT2D eigenvalue weighted by Crippen LogP contribution is 2.29. The summed E-state index contributed by atoms with van der Waals surface area (Å²) in [5, 5.41) is 14.6. The number of nitro groups is 1. The van der Waals surface area contributed by atoms with Crippen LogP contribution in [0.25, 0.3) is 0 Å². The highest BCUT2D eigenvalue weighted by molar-refractivity contribution is 5.88. The summed E-state index contributed by atoms with van der Waals surface area (Å²) in [5.41, 5.74) is 6.34. The second kappa shape index (κ2) is 10.8. The Labute approximate surface area is 185 Å². The summed E-state index contributed by atoms with van der Waals surface area (Å²) in [6, 6.07) is 18.3. The first-order valence-corrected chi connectivity index (χ1v) is 9.92. The average Bonchev–Trinajstić information content (AvgIpc) is 2.79. The molecule has 0 radical (unpaired) electrons. The highest BCUT2D eigenvalue weighted by atomic mass is 16.6. The number of methoxy groups -OCH3 is 1. The van der Waals surface area contributed by atoms with Crippen molar-refractivity contribution in [2.75, 3.05) is 24.5 Å². The number of hydrogen-bond acceptors (Lipinski definition) is 8. The fourth-order valence-corrected chi connectivity index (χ4v) is 3.25. The van der Waals surface area contributed by atoms with Crippen molar-refractivity contribution in [3.63, 3.8) is 0 Å². The Hall–Kier alpha value is -4.05. The van der Waals surface area contributed by atoms with Gasteiger partial charge in [0, 0.05) is 13.2 Å². The molecule has 0 aliphatic heterocycles. The van der Waals surface area contributed by atoms with Gasteiger partial charge < -0.3 is 10.1 Å². The summed E-state index contributed by atoms with van der Waals surface area (Å²) in [5.74, 6) is -1.12. The van der Waals surface area contributed by atoms with E-state index < -0.39 is 16.7 Å². The monoisotopic (exact) mass is 436 g/mol. The Balaban J connectivity index is 1.84.